The van der Waals surface area contributed by atoms with E-state index in [4.69, 9.17) is 0 Å². The Morgan fingerprint density at radius 3 is 2.89 bits per heavy atom. The van der Waals surface area contributed by atoms with Gasteiger partial charge in [-0.25, -0.2) is 9.97 Å². The molecule has 0 spiro atoms. The van der Waals surface area contributed by atoms with Crippen molar-refractivity contribution in [1.29, 1.82) is 5.26 Å². The van der Waals surface area contributed by atoms with Gasteiger partial charge in [-0.15, -0.1) is 11.3 Å². The second-order valence-electron chi connectivity index (χ2n) is 6.63. The lowest BCUT2D eigenvalue weighted by Crippen LogP contribution is -2.18. The standard InChI is InChI=1S/C20H17N5OS/c1-12-4-5-14(9-13(8-12)10-21)25-11-23-17-16-15(24(2)3)6-7-22-19(16)27-18(17)20(25)26/h4-9,11-12H,1-3H3. The smallest absolute Gasteiger partial charge is 0.275 e. The van der Waals surface area contributed by atoms with E-state index in [9.17, 15) is 10.1 Å². The van der Waals surface area contributed by atoms with E-state index >= 15 is 0 Å². The predicted octanol–water partition coefficient (Wildman–Crippen LogP) is 3.57. The molecule has 1 unspecified atom stereocenters. The molecule has 0 N–H and O–H groups in total. The van der Waals surface area contributed by atoms with Gasteiger partial charge in [0.25, 0.3) is 5.56 Å². The van der Waals surface area contributed by atoms with Crippen LogP contribution < -0.4 is 10.5 Å². The van der Waals surface area contributed by atoms with E-state index in [0.29, 0.717) is 21.5 Å². The summed E-state index contributed by atoms with van der Waals surface area (Å²) >= 11 is 1.35. The first-order chi connectivity index (χ1) is 13.0. The largest absolute Gasteiger partial charge is 0.377 e. The Hall–Kier alpha value is -3.24. The van der Waals surface area contributed by atoms with Gasteiger partial charge < -0.3 is 4.90 Å². The van der Waals surface area contributed by atoms with Gasteiger partial charge in [-0.2, -0.15) is 5.26 Å². The Kier molecular flexibility index (Phi) is 4.13. The summed E-state index contributed by atoms with van der Waals surface area (Å²) in [6.45, 7) is 2.00. The molecule has 1 aliphatic carbocycles. The van der Waals surface area contributed by atoms with Crippen LogP contribution in [0, 0.1) is 17.2 Å². The van der Waals surface area contributed by atoms with Gasteiger partial charge >= 0.3 is 0 Å². The van der Waals surface area contributed by atoms with Gasteiger partial charge in [0.05, 0.1) is 33.9 Å². The van der Waals surface area contributed by atoms with Crippen LogP contribution in [0.1, 0.15) is 6.92 Å². The van der Waals surface area contributed by atoms with E-state index in [0.717, 1.165) is 15.9 Å². The third-order valence-corrected chi connectivity index (χ3v) is 5.54. The molecular weight excluding hydrogens is 358 g/mol. The number of allylic oxidation sites excluding steroid dienone is 6. The fraction of sp³-hybridized carbons (Fsp3) is 0.200. The van der Waals surface area contributed by atoms with E-state index in [1.807, 2.05) is 50.2 Å². The predicted molar refractivity (Wildman–Crippen MR) is 110 cm³/mol. The van der Waals surface area contributed by atoms with Crippen LogP contribution in [-0.4, -0.2) is 28.6 Å². The molecular formula is C20H17N5OS. The van der Waals surface area contributed by atoms with Crippen LogP contribution in [0.2, 0.25) is 0 Å². The Morgan fingerprint density at radius 2 is 2.15 bits per heavy atom. The summed E-state index contributed by atoms with van der Waals surface area (Å²) in [6, 6.07) is 4.09. The number of hydrogen-bond acceptors (Lipinski definition) is 6. The fourth-order valence-corrected chi connectivity index (χ4v) is 4.20. The highest BCUT2D eigenvalue weighted by Crippen LogP contribution is 2.35. The molecule has 3 heterocycles. The molecule has 7 heteroatoms. The molecule has 27 heavy (non-hydrogen) atoms. The van der Waals surface area contributed by atoms with Crippen molar-refractivity contribution in [3.05, 3.63) is 58.8 Å². The van der Waals surface area contributed by atoms with E-state index in [1.54, 1.807) is 12.3 Å². The van der Waals surface area contributed by atoms with Crippen molar-refractivity contribution in [3.8, 4) is 6.07 Å². The number of nitriles is 1. The maximum Gasteiger partial charge on any atom is 0.275 e. The Morgan fingerprint density at radius 1 is 1.33 bits per heavy atom. The van der Waals surface area contributed by atoms with Crippen molar-refractivity contribution in [1.82, 2.24) is 14.5 Å². The number of anilines is 1. The molecule has 0 saturated carbocycles. The molecule has 0 amide bonds. The third kappa shape index (κ3) is 2.84. The number of pyridine rings is 1. The first-order valence-electron chi connectivity index (χ1n) is 8.48. The van der Waals surface area contributed by atoms with Crippen molar-refractivity contribution in [2.24, 2.45) is 5.92 Å². The van der Waals surface area contributed by atoms with Gasteiger partial charge in [0.15, 0.2) is 0 Å². The van der Waals surface area contributed by atoms with Crippen molar-refractivity contribution >= 4 is 43.2 Å². The Labute approximate surface area is 160 Å². The number of thiophene rings is 1. The second-order valence-corrected chi connectivity index (χ2v) is 7.62. The van der Waals surface area contributed by atoms with Crippen LogP contribution in [0.3, 0.4) is 0 Å². The lowest BCUT2D eigenvalue weighted by Gasteiger charge is -2.13. The van der Waals surface area contributed by atoms with Crippen molar-refractivity contribution < 1.29 is 0 Å². The number of nitrogens with zero attached hydrogens (tertiary/aromatic N) is 5. The zero-order chi connectivity index (χ0) is 19.1. The number of aromatic nitrogens is 3. The van der Waals surface area contributed by atoms with Crippen LogP contribution in [0.15, 0.2) is 53.3 Å². The van der Waals surface area contributed by atoms with Crippen LogP contribution in [0.25, 0.3) is 26.1 Å². The van der Waals surface area contributed by atoms with E-state index < -0.39 is 0 Å². The Bertz CT molecular complexity index is 1250. The summed E-state index contributed by atoms with van der Waals surface area (Å²) in [6.07, 6.45) is 10.7. The molecule has 0 aliphatic heterocycles. The first kappa shape index (κ1) is 17.2. The number of rotatable bonds is 2. The summed E-state index contributed by atoms with van der Waals surface area (Å²) in [5.41, 5.74) is 2.64. The molecule has 3 aromatic rings. The molecule has 0 bridgehead atoms. The minimum Gasteiger partial charge on any atom is -0.377 e. The van der Waals surface area contributed by atoms with Crippen LogP contribution in [0.5, 0.6) is 0 Å². The zero-order valence-corrected chi connectivity index (χ0v) is 16.0. The van der Waals surface area contributed by atoms with Crippen LogP contribution >= 0.6 is 11.3 Å². The fourth-order valence-electron chi connectivity index (χ4n) is 3.16. The molecule has 134 valence electrons. The number of hydrogen-bond donors (Lipinski definition) is 0. The minimum absolute atomic E-state index is 0.122. The number of fused-ring (bicyclic) bond motifs is 3. The average Bonchev–Trinajstić information content (AvgIpc) is 2.93. The maximum atomic E-state index is 13.2. The van der Waals surface area contributed by atoms with Crippen molar-refractivity contribution in [3.63, 3.8) is 0 Å². The normalized spacial score (nSPS) is 16.7. The lowest BCUT2D eigenvalue weighted by molar-refractivity contribution is 0.935. The molecule has 6 nitrogen and oxygen atoms in total. The van der Waals surface area contributed by atoms with Crippen LogP contribution in [0.4, 0.5) is 5.69 Å². The van der Waals surface area contributed by atoms with Crippen LogP contribution in [-0.2, 0) is 0 Å². The van der Waals surface area contributed by atoms with Crippen molar-refractivity contribution in [2.75, 3.05) is 19.0 Å². The first-order valence-corrected chi connectivity index (χ1v) is 9.29. The highest BCUT2D eigenvalue weighted by atomic mass is 32.1. The zero-order valence-electron chi connectivity index (χ0n) is 15.2. The molecule has 0 fully saturated rings. The molecule has 3 aromatic heterocycles. The highest BCUT2D eigenvalue weighted by Gasteiger charge is 2.17. The van der Waals surface area contributed by atoms with E-state index in [1.165, 1.54) is 22.2 Å². The van der Waals surface area contributed by atoms with Gasteiger partial charge in [0.2, 0.25) is 0 Å². The topological polar surface area (TPSA) is 74.8 Å². The van der Waals surface area contributed by atoms with Gasteiger partial charge in [-0.3, -0.25) is 9.36 Å². The molecule has 4 rings (SSSR count). The minimum atomic E-state index is -0.157. The third-order valence-electron chi connectivity index (χ3n) is 4.47. The average molecular weight is 375 g/mol. The van der Waals surface area contributed by atoms with E-state index in [2.05, 4.69) is 16.0 Å². The monoisotopic (exact) mass is 375 g/mol. The Balaban J connectivity index is 1.98. The van der Waals surface area contributed by atoms with Crippen molar-refractivity contribution in [2.45, 2.75) is 6.92 Å². The molecule has 0 saturated heterocycles. The summed E-state index contributed by atoms with van der Waals surface area (Å²) in [5.74, 6) is 0.122. The molecule has 1 atom stereocenters. The SMILES string of the molecule is CC1C=CC(n2cnc3c(sc4nccc(N(C)C)c43)c2=O)=CC(C#N)=C1. The van der Waals surface area contributed by atoms with Gasteiger partial charge in [0, 0.05) is 20.3 Å². The summed E-state index contributed by atoms with van der Waals surface area (Å²) in [7, 11) is 3.91. The van der Waals surface area contributed by atoms with Gasteiger partial charge in [-0.05, 0) is 24.1 Å². The summed E-state index contributed by atoms with van der Waals surface area (Å²) in [5, 5.41) is 10.2. The second kappa shape index (κ2) is 6.49. The maximum absolute atomic E-state index is 13.2. The van der Waals surface area contributed by atoms with E-state index in [-0.39, 0.29) is 11.5 Å². The summed E-state index contributed by atoms with van der Waals surface area (Å²) in [4.78, 5) is 25.0. The molecule has 0 aromatic carbocycles. The quantitative estimate of drug-likeness (QED) is 0.684. The molecule has 1 aliphatic rings. The highest BCUT2D eigenvalue weighted by molar-refractivity contribution is 7.25. The summed E-state index contributed by atoms with van der Waals surface area (Å²) < 4.78 is 2.05. The molecule has 0 radical (unpaired) electrons. The van der Waals surface area contributed by atoms with Gasteiger partial charge in [0.1, 0.15) is 15.9 Å². The lowest BCUT2D eigenvalue weighted by atomic mass is 10.1. The van der Waals surface area contributed by atoms with Gasteiger partial charge in [-0.1, -0.05) is 19.1 Å².